The summed E-state index contributed by atoms with van der Waals surface area (Å²) >= 11 is 0. The number of hydrogen-bond donors (Lipinski definition) is 0. The zero-order valence-electron chi connectivity index (χ0n) is 15.9. The number of likely N-dealkylation sites (tertiary alicyclic amines) is 2. The fourth-order valence-electron chi connectivity index (χ4n) is 4.17. The summed E-state index contributed by atoms with van der Waals surface area (Å²) in [6.45, 7) is 14.4. The van der Waals surface area contributed by atoms with Gasteiger partial charge in [-0.1, -0.05) is 20.8 Å². The molecule has 0 N–H and O–H groups in total. The van der Waals surface area contributed by atoms with Crippen molar-refractivity contribution in [1.29, 1.82) is 0 Å². The minimum absolute atomic E-state index is 0.172. The van der Waals surface area contributed by atoms with E-state index in [1.807, 2.05) is 13.8 Å². The summed E-state index contributed by atoms with van der Waals surface area (Å²) in [7, 11) is -1.06. The molecule has 23 heavy (non-hydrogen) atoms. The molecule has 5 heteroatoms. The SMILES string of the molecule is CN1CCC(S(=O)(=O)C(C)(C)N2CCC(C(C)(C)C)CC2)CC1. The first-order valence-corrected chi connectivity index (χ1v) is 10.7. The first-order chi connectivity index (χ1) is 10.5. The van der Waals surface area contributed by atoms with E-state index in [4.69, 9.17) is 0 Å². The zero-order chi connectivity index (χ0) is 17.5. The molecule has 0 aliphatic carbocycles. The molecule has 2 aliphatic heterocycles. The van der Waals surface area contributed by atoms with Crippen LogP contribution in [0.4, 0.5) is 0 Å². The predicted octanol–water partition coefficient (Wildman–Crippen LogP) is 2.99. The molecule has 0 radical (unpaired) electrons. The van der Waals surface area contributed by atoms with Gasteiger partial charge in [0, 0.05) is 0 Å². The van der Waals surface area contributed by atoms with E-state index in [9.17, 15) is 8.42 Å². The van der Waals surface area contributed by atoms with Gasteiger partial charge in [-0.2, -0.15) is 0 Å². The van der Waals surface area contributed by atoms with Crippen molar-refractivity contribution in [3.8, 4) is 0 Å². The fraction of sp³-hybridized carbons (Fsp3) is 1.00. The second-order valence-corrected chi connectivity index (χ2v) is 11.9. The molecule has 0 spiro atoms. The van der Waals surface area contributed by atoms with Crippen LogP contribution in [0.25, 0.3) is 0 Å². The van der Waals surface area contributed by atoms with E-state index >= 15 is 0 Å². The summed E-state index contributed by atoms with van der Waals surface area (Å²) in [5, 5.41) is -0.172. The molecular formula is C18H36N2O2S. The van der Waals surface area contributed by atoms with Crippen LogP contribution in [0.3, 0.4) is 0 Å². The molecule has 0 aromatic rings. The standard InChI is InChI=1S/C18H36N2O2S/c1-17(2,3)15-7-13-20(14-8-15)18(4,5)23(21,22)16-9-11-19(6)12-10-16/h15-16H,7-14H2,1-6H3. The highest BCUT2D eigenvalue weighted by molar-refractivity contribution is 7.93. The molecule has 0 unspecified atom stereocenters. The third-order valence-corrected chi connectivity index (χ3v) is 9.28. The van der Waals surface area contributed by atoms with E-state index in [1.165, 1.54) is 0 Å². The van der Waals surface area contributed by atoms with Crippen molar-refractivity contribution in [3.63, 3.8) is 0 Å². The highest BCUT2D eigenvalue weighted by atomic mass is 32.2. The maximum absolute atomic E-state index is 13.2. The predicted molar refractivity (Wildman–Crippen MR) is 97.3 cm³/mol. The van der Waals surface area contributed by atoms with Gasteiger partial charge in [0.25, 0.3) is 0 Å². The molecule has 0 bridgehead atoms. The van der Waals surface area contributed by atoms with Crippen LogP contribution < -0.4 is 0 Å². The highest BCUT2D eigenvalue weighted by Crippen LogP contribution is 2.38. The first-order valence-electron chi connectivity index (χ1n) is 9.13. The smallest absolute Gasteiger partial charge is 0.171 e. The minimum Gasteiger partial charge on any atom is -0.306 e. The Kier molecular flexibility index (Phi) is 5.54. The van der Waals surface area contributed by atoms with Gasteiger partial charge in [0.1, 0.15) is 4.87 Å². The lowest BCUT2D eigenvalue weighted by Gasteiger charge is -2.46. The van der Waals surface area contributed by atoms with Crippen LogP contribution in [-0.2, 0) is 9.84 Å². The van der Waals surface area contributed by atoms with E-state index in [2.05, 4.69) is 37.6 Å². The van der Waals surface area contributed by atoms with E-state index in [0.29, 0.717) is 11.3 Å². The van der Waals surface area contributed by atoms with Gasteiger partial charge in [-0.05, 0) is 84.1 Å². The van der Waals surface area contributed by atoms with Crippen molar-refractivity contribution in [2.45, 2.75) is 70.4 Å². The number of sulfone groups is 1. The average Bonchev–Trinajstić information content (AvgIpc) is 2.46. The van der Waals surface area contributed by atoms with Crippen molar-refractivity contribution in [3.05, 3.63) is 0 Å². The number of hydrogen-bond acceptors (Lipinski definition) is 4. The molecule has 2 aliphatic rings. The molecule has 0 saturated carbocycles. The molecule has 0 amide bonds. The Bertz CT molecular complexity index is 492. The van der Waals surface area contributed by atoms with Gasteiger partial charge in [0.15, 0.2) is 9.84 Å². The Labute approximate surface area is 143 Å². The summed E-state index contributed by atoms with van der Waals surface area (Å²) in [5.41, 5.74) is 0.322. The Hall–Kier alpha value is -0.130. The van der Waals surface area contributed by atoms with E-state index in [-0.39, 0.29) is 5.25 Å². The monoisotopic (exact) mass is 344 g/mol. The van der Waals surface area contributed by atoms with Crippen molar-refractivity contribution in [1.82, 2.24) is 9.80 Å². The van der Waals surface area contributed by atoms with Crippen LogP contribution in [0, 0.1) is 11.3 Å². The van der Waals surface area contributed by atoms with Gasteiger partial charge in [0.05, 0.1) is 5.25 Å². The molecule has 0 atom stereocenters. The Morgan fingerprint density at radius 3 is 1.74 bits per heavy atom. The summed E-state index contributed by atoms with van der Waals surface area (Å²) in [6, 6.07) is 0. The van der Waals surface area contributed by atoms with Crippen molar-refractivity contribution in [2.75, 3.05) is 33.2 Å². The maximum atomic E-state index is 13.2. The van der Waals surface area contributed by atoms with Crippen molar-refractivity contribution in [2.24, 2.45) is 11.3 Å². The quantitative estimate of drug-likeness (QED) is 0.789. The minimum atomic E-state index is -3.14. The number of piperidine rings is 2. The third-order valence-electron chi connectivity index (χ3n) is 6.28. The lowest BCUT2D eigenvalue weighted by atomic mass is 9.75. The van der Waals surface area contributed by atoms with E-state index in [0.717, 1.165) is 51.9 Å². The Morgan fingerprint density at radius 1 is 0.826 bits per heavy atom. The van der Waals surface area contributed by atoms with Gasteiger partial charge in [-0.3, -0.25) is 4.90 Å². The van der Waals surface area contributed by atoms with Gasteiger partial charge in [-0.25, -0.2) is 8.42 Å². The fourth-order valence-corrected chi connectivity index (χ4v) is 6.36. The van der Waals surface area contributed by atoms with Crippen LogP contribution in [0.1, 0.15) is 60.3 Å². The van der Waals surface area contributed by atoms with E-state index < -0.39 is 14.7 Å². The summed E-state index contributed by atoms with van der Waals surface area (Å²) < 4.78 is 26.5. The topological polar surface area (TPSA) is 40.6 Å². The van der Waals surface area contributed by atoms with Gasteiger partial charge < -0.3 is 4.90 Å². The highest BCUT2D eigenvalue weighted by Gasteiger charge is 2.46. The lowest BCUT2D eigenvalue weighted by molar-refractivity contribution is 0.0772. The van der Waals surface area contributed by atoms with Crippen molar-refractivity contribution < 1.29 is 8.42 Å². The second-order valence-electron chi connectivity index (χ2n) is 9.12. The number of nitrogens with zero attached hydrogens (tertiary/aromatic N) is 2. The molecule has 2 heterocycles. The van der Waals surface area contributed by atoms with Crippen LogP contribution in [0.5, 0.6) is 0 Å². The van der Waals surface area contributed by atoms with Gasteiger partial charge >= 0.3 is 0 Å². The van der Waals surface area contributed by atoms with Crippen LogP contribution in [-0.4, -0.2) is 61.6 Å². The Morgan fingerprint density at radius 2 is 1.30 bits per heavy atom. The maximum Gasteiger partial charge on any atom is 0.171 e. The Balaban J connectivity index is 2.06. The molecule has 0 aromatic carbocycles. The second kappa shape index (κ2) is 6.64. The molecular weight excluding hydrogens is 308 g/mol. The van der Waals surface area contributed by atoms with Gasteiger partial charge in [0.2, 0.25) is 0 Å². The molecule has 136 valence electrons. The largest absolute Gasteiger partial charge is 0.306 e. The molecule has 2 fully saturated rings. The summed E-state index contributed by atoms with van der Waals surface area (Å²) in [5.74, 6) is 0.695. The van der Waals surface area contributed by atoms with E-state index in [1.54, 1.807) is 0 Å². The van der Waals surface area contributed by atoms with Crippen LogP contribution >= 0.6 is 0 Å². The average molecular weight is 345 g/mol. The molecule has 2 rings (SSSR count). The third kappa shape index (κ3) is 3.93. The van der Waals surface area contributed by atoms with Gasteiger partial charge in [-0.15, -0.1) is 0 Å². The lowest BCUT2D eigenvalue weighted by Crippen LogP contribution is -2.57. The number of rotatable bonds is 3. The zero-order valence-corrected chi connectivity index (χ0v) is 16.7. The molecule has 4 nitrogen and oxygen atoms in total. The van der Waals surface area contributed by atoms with Crippen LogP contribution in [0.2, 0.25) is 0 Å². The molecule has 2 saturated heterocycles. The summed E-state index contributed by atoms with van der Waals surface area (Å²) in [4.78, 5) is 3.72. The summed E-state index contributed by atoms with van der Waals surface area (Å²) in [6.07, 6.45) is 3.77. The van der Waals surface area contributed by atoms with Crippen LogP contribution in [0.15, 0.2) is 0 Å². The first kappa shape index (κ1) is 19.2. The molecule has 0 aromatic heterocycles. The van der Waals surface area contributed by atoms with Crippen molar-refractivity contribution >= 4 is 9.84 Å². The normalized spacial score (nSPS) is 25.0.